The summed E-state index contributed by atoms with van der Waals surface area (Å²) in [6.07, 6.45) is 5.80. The van der Waals surface area contributed by atoms with Crippen LogP contribution in [0.25, 0.3) is 0 Å². The molecule has 2 amide bonds. The van der Waals surface area contributed by atoms with Gasteiger partial charge in [-0.1, -0.05) is 36.3 Å². The molecule has 0 aliphatic carbocycles. The highest BCUT2D eigenvalue weighted by Crippen LogP contribution is 2.34. The Bertz CT molecular complexity index is 1190. The van der Waals surface area contributed by atoms with Gasteiger partial charge in [0.15, 0.2) is 0 Å². The van der Waals surface area contributed by atoms with E-state index in [9.17, 15) is 18.4 Å². The average molecular weight is 422 g/mol. The van der Waals surface area contributed by atoms with Crippen LogP contribution in [0.5, 0.6) is 0 Å². The number of fused-ring (bicyclic) bond motifs is 1. The monoisotopic (exact) mass is 422 g/mol. The maximum atomic E-state index is 14.2. The molecule has 0 unspecified atom stereocenters. The van der Waals surface area contributed by atoms with Gasteiger partial charge in [0, 0.05) is 12.0 Å². The van der Waals surface area contributed by atoms with Gasteiger partial charge in [-0.05, 0) is 23.6 Å². The average Bonchev–Trinajstić information content (AvgIpc) is 3.17. The summed E-state index contributed by atoms with van der Waals surface area (Å²) in [6, 6.07) is 9.94. The highest BCUT2D eigenvalue weighted by atomic mass is 19.1. The molecule has 9 heteroatoms. The van der Waals surface area contributed by atoms with Crippen molar-refractivity contribution in [1.29, 1.82) is 0 Å². The minimum Gasteiger partial charge on any atom is -0.417 e. The summed E-state index contributed by atoms with van der Waals surface area (Å²) in [7, 11) is 0. The van der Waals surface area contributed by atoms with Crippen LogP contribution in [0.3, 0.4) is 0 Å². The molecule has 2 aromatic carbocycles. The van der Waals surface area contributed by atoms with Crippen LogP contribution in [0.1, 0.15) is 40.0 Å². The summed E-state index contributed by atoms with van der Waals surface area (Å²) >= 11 is 0. The number of hydrogen-bond acceptors (Lipinski definition) is 5. The molecule has 4 rings (SSSR count). The van der Waals surface area contributed by atoms with Gasteiger partial charge in [-0.25, -0.2) is 8.78 Å². The zero-order valence-electron chi connectivity index (χ0n) is 16.1. The quantitative estimate of drug-likeness (QED) is 0.631. The molecule has 0 bridgehead atoms. The van der Waals surface area contributed by atoms with Crippen molar-refractivity contribution in [2.75, 3.05) is 5.32 Å². The molecule has 1 aliphatic heterocycles. The lowest BCUT2D eigenvalue weighted by Crippen LogP contribution is -2.43. The summed E-state index contributed by atoms with van der Waals surface area (Å²) in [5.74, 6) is -1.71. The summed E-state index contributed by atoms with van der Waals surface area (Å²) in [5, 5.41) is 12.4. The third-order valence-corrected chi connectivity index (χ3v) is 4.86. The smallest absolute Gasteiger partial charge is 0.309 e. The number of benzene rings is 2. The summed E-state index contributed by atoms with van der Waals surface area (Å²) in [6.45, 7) is 0. The number of anilines is 1. The lowest BCUT2D eigenvalue weighted by atomic mass is 9.93. The van der Waals surface area contributed by atoms with E-state index in [1.54, 1.807) is 0 Å². The number of aromatic nitrogens is 2. The Morgan fingerprint density at radius 2 is 2.03 bits per heavy atom. The third-order valence-electron chi connectivity index (χ3n) is 4.86. The topological polar surface area (TPSA) is 97.1 Å². The van der Waals surface area contributed by atoms with Crippen LogP contribution in [0.4, 0.5) is 14.5 Å². The molecular formula is C22H16F2N4O3. The molecule has 1 aromatic heterocycles. The molecule has 0 saturated heterocycles. The minimum absolute atomic E-state index is 0.0605. The number of halogens is 2. The Morgan fingerprint density at radius 1 is 1.26 bits per heavy atom. The van der Waals surface area contributed by atoms with E-state index in [2.05, 4.69) is 26.8 Å². The largest absolute Gasteiger partial charge is 0.417 e. The van der Waals surface area contributed by atoms with Crippen LogP contribution >= 0.6 is 0 Å². The van der Waals surface area contributed by atoms with E-state index in [-0.39, 0.29) is 29.5 Å². The van der Waals surface area contributed by atoms with Crippen molar-refractivity contribution in [1.82, 2.24) is 15.5 Å². The first-order valence-corrected chi connectivity index (χ1v) is 9.37. The van der Waals surface area contributed by atoms with Crippen molar-refractivity contribution in [3.05, 3.63) is 77.0 Å². The van der Waals surface area contributed by atoms with E-state index in [1.807, 2.05) is 30.3 Å². The second kappa shape index (κ2) is 8.36. The maximum Gasteiger partial charge on any atom is 0.309 e. The van der Waals surface area contributed by atoms with Gasteiger partial charge in [-0.2, -0.15) is 0 Å². The number of amides is 2. The highest BCUT2D eigenvalue weighted by Gasteiger charge is 2.33. The van der Waals surface area contributed by atoms with E-state index < -0.39 is 35.4 Å². The number of hydrogen-bond donors (Lipinski definition) is 2. The molecular weight excluding hydrogens is 406 g/mol. The predicted molar refractivity (Wildman–Crippen MR) is 106 cm³/mol. The number of terminal acetylenes is 1. The highest BCUT2D eigenvalue weighted by molar-refractivity contribution is 6.00. The van der Waals surface area contributed by atoms with E-state index in [0.717, 1.165) is 11.6 Å². The molecule has 0 fully saturated rings. The molecule has 31 heavy (non-hydrogen) atoms. The third kappa shape index (κ3) is 4.28. The molecule has 0 spiro atoms. The second-order valence-electron chi connectivity index (χ2n) is 6.99. The van der Waals surface area contributed by atoms with Crippen LogP contribution in [0, 0.1) is 24.0 Å². The van der Waals surface area contributed by atoms with Gasteiger partial charge >= 0.3 is 11.8 Å². The van der Waals surface area contributed by atoms with Gasteiger partial charge in [0.25, 0.3) is 0 Å². The van der Waals surface area contributed by atoms with Crippen molar-refractivity contribution < 1.29 is 22.8 Å². The van der Waals surface area contributed by atoms with Gasteiger partial charge in [0.05, 0.1) is 12.1 Å². The first kappa shape index (κ1) is 20.2. The second-order valence-corrected chi connectivity index (χ2v) is 6.99. The van der Waals surface area contributed by atoms with Gasteiger partial charge < -0.3 is 15.1 Å². The number of carbonyl (C=O) groups excluding carboxylic acids is 2. The zero-order chi connectivity index (χ0) is 22.0. The molecule has 0 radical (unpaired) electrons. The van der Waals surface area contributed by atoms with Crippen LogP contribution in [-0.4, -0.2) is 28.1 Å². The molecule has 2 atom stereocenters. The number of carbonyl (C=O) groups is 2. The summed E-state index contributed by atoms with van der Waals surface area (Å²) in [4.78, 5) is 25.1. The van der Waals surface area contributed by atoms with Crippen LogP contribution in [0.15, 0.2) is 46.9 Å². The van der Waals surface area contributed by atoms with Crippen molar-refractivity contribution in [3.8, 4) is 12.3 Å². The van der Waals surface area contributed by atoms with Gasteiger partial charge in [0.1, 0.15) is 17.7 Å². The first-order chi connectivity index (χ1) is 14.9. The molecule has 2 heterocycles. The molecule has 1 aliphatic rings. The Morgan fingerprint density at radius 3 is 2.77 bits per heavy atom. The molecule has 0 saturated carbocycles. The fourth-order valence-corrected chi connectivity index (χ4v) is 3.37. The van der Waals surface area contributed by atoms with Gasteiger partial charge in [-0.15, -0.1) is 16.6 Å². The standard InChI is InChI=1S/C22H16F2N4O3/c1-2-13-9-17(20(29)26-19-15(13)10-14(23)11-16(19)24)25-21(30)22-28-27-18(31-22)8-12-6-4-3-5-7-12/h1,3-7,10-11,13,17H,8-9H2,(H,25,30)(H,26,29)/t13-,17+/m0/s1. The first-order valence-electron chi connectivity index (χ1n) is 9.37. The molecule has 2 N–H and O–H groups in total. The normalized spacial score (nSPS) is 17.8. The summed E-state index contributed by atoms with van der Waals surface area (Å²) in [5.41, 5.74) is 0.854. The SMILES string of the molecule is C#C[C@H]1C[C@@H](NC(=O)c2nnc(Cc3ccccc3)o2)C(=O)Nc2c(F)cc(F)cc21. The number of nitrogens with zero attached hydrogens (tertiary/aromatic N) is 2. The Labute approximate surface area is 175 Å². The number of rotatable bonds is 4. The Balaban J connectivity index is 1.50. The van der Waals surface area contributed by atoms with E-state index in [0.29, 0.717) is 12.5 Å². The molecule has 3 aromatic rings. The lowest BCUT2D eigenvalue weighted by molar-refractivity contribution is -0.118. The van der Waals surface area contributed by atoms with Crippen molar-refractivity contribution in [2.24, 2.45) is 0 Å². The summed E-state index contributed by atoms with van der Waals surface area (Å²) < 4.78 is 33.2. The fourth-order valence-electron chi connectivity index (χ4n) is 3.37. The predicted octanol–water partition coefficient (Wildman–Crippen LogP) is 2.80. The Hall–Kier alpha value is -4.06. The maximum absolute atomic E-state index is 14.2. The number of nitrogens with one attached hydrogen (secondary N) is 2. The van der Waals surface area contributed by atoms with E-state index >= 15 is 0 Å². The van der Waals surface area contributed by atoms with Crippen LogP contribution in [-0.2, 0) is 11.2 Å². The van der Waals surface area contributed by atoms with Crippen LogP contribution in [0.2, 0.25) is 0 Å². The molecule has 7 nitrogen and oxygen atoms in total. The van der Waals surface area contributed by atoms with Crippen molar-refractivity contribution in [2.45, 2.75) is 24.8 Å². The minimum atomic E-state index is -1.12. The van der Waals surface area contributed by atoms with Crippen molar-refractivity contribution >= 4 is 17.5 Å². The Kier molecular flexibility index (Phi) is 5.45. The van der Waals surface area contributed by atoms with Gasteiger partial charge in [0.2, 0.25) is 11.8 Å². The zero-order valence-corrected chi connectivity index (χ0v) is 16.1. The van der Waals surface area contributed by atoms with Gasteiger partial charge in [-0.3, -0.25) is 9.59 Å². The van der Waals surface area contributed by atoms with E-state index in [4.69, 9.17) is 10.8 Å². The fraction of sp³-hybridized carbons (Fsp3) is 0.182. The molecule has 156 valence electrons. The lowest BCUT2D eigenvalue weighted by Gasteiger charge is -2.16. The van der Waals surface area contributed by atoms with Crippen molar-refractivity contribution in [3.63, 3.8) is 0 Å². The van der Waals surface area contributed by atoms with E-state index in [1.165, 1.54) is 0 Å². The van der Waals surface area contributed by atoms with Crippen LogP contribution < -0.4 is 10.6 Å².